The number of methoxy groups -OCH3 is 1. The van der Waals surface area contributed by atoms with E-state index in [0.717, 1.165) is 21.5 Å². The number of aryl methyl sites for hydroxylation is 2. The van der Waals surface area contributed by atoms with Crippen molar-refractivity contribution in [3.63, 3.8) is 0 Å². The van der Waals surface area contributed by atoms with Gasteiger partial charge in [0.25, 0.3) is 15.7 Å². The lowest BCUT2D eigenvalue weighted by molar-refractivity contribution is -0.385. The molecule has 0 unspecified atom stereocenters. The van der Waals surface area contributed by atoms with Crippen LogP contribution in [0.25, 0.3) is 0 Å². The van der Waals surface area contributed by atoms with Crippen molar-refractivity contribution in [2.24, 2.45) is 0 Å². The number of amides is 2. The Bertz CT molecular complexity index is 1580. The van der Waals surface area contributed by atoms with Crippen molar-refractivity contribution in [3.8, 4) is 5.75 Å². The fourth-order valence-corrected chi connectivity index (χ4v) is 5.80. The third-order valence-electron chi connectivity index (χ3n) is 7.37. The zero-order chi connectivity index (χ0) is 31.9. The Kier molecular flexibility index (Phi) is 10.9. The molecule has 0 aromatic heterocycles. The number of nitro groups is 1. The molecule has 1 N–H and O–H groups in total. The fourth-order valence-electron chi connectivity index (χ4n) is 4.37. The summed E-state index contributed by atoms with van der Waals surface area (Å²) in [6.07, 6.45) is 0.691. The smallest absolute Gasteiger partial charge is 0.273 e. The molecule has 0 saturated heterocycles. The Morgan fingerprint density at radius 2 is 1.65 bits per heavy atom. The molecule has 43 heavy (non-hydrogen) atoms. The number of carbonyl (C=O) groups is 2. The molecule has 3 aromatic carbocycles. The highest BCUT2D eigenvalue weighted by molar-refractivity contribution is 7.92. The van der Waals surface area contributed by atoms with Gasteiger partial charge in [0.05, 0.1) is 22.6 Å². The summed E-state index contributed by atoms with van der Waals surface area (Å²) < 4.78 is 34.2. The van der Waals surface area contributed by atoms with Gasteiger partial charge in [-0.05, 0) is 75.6 Å². The van der Waals surface area contributed by atoms with Crippen LogP contribution in [0, 0.1) is 24.0 Å². The predicted molar refractivity (Wildman–Crippen MR) is 164 cm³/mol. The van der Waals surface area contributed by atoms with Crippen LogP contribution in [-0.4, -0.2) is 55.8 Å². The van der Waals surface area contributed by atoms with Crippen LogP contribution in [0.4, 0.5) is 11.4 Å². The Morgan fingerprint density at radius 1 is 1.00 bits per heavy atom. The lowest BCUT2D eigenvalue weighted by atomic mass is 10.1. The van der Waals surface area contributed by atoms with E-state index >= 15 is 0 Å². The van der Waals surface area contributed by atoms with Crippen molar-refractivity contribution >= 4 is 33.2 Å². The number of nitro benzene ring substituents is 1. The standard InChI is InChI=1S/C31H38N4O7S/c1-7-23(4)32-31(37)24(5)33(19-25-11-9-8-10-21(25)2)30(36)20-34(26-13-15-27(42-6)16-14-26)43(40,41)28-17-12-22(3)29(18-28)35(38)39/h8-18,23-24H,7,19-20H2,1-6H3,(H,32,37)/t23-,24+/m0/s1. The Labute approximate surface area is 252 Å². The first-order chi connectivity index (χ1) is 20.3. The third kappa shape index (κ3) is 7.89. The molecule has 0 radical (unpaired) electrons. The topological polar surface area (TPSA) is 139 Å². The van der Waals surface area contributed by atoms with Crippen molar-refractivity contribution in [1.29, 1.82) is 0 Å². The number of benzene rings is 3. The summed E-state index contributed by atoms with van der Waals surface area (Å²) in [5, 5.41) is 14.5. The van der Waals surface area contributed by atoms with Crippen LogP contribution < -0.4 is 14.4 Å². The van der Waals surface area contributed by atoms with Gasteiger partial charge in [-0.2, -0.15) is 0 Å². The largest absolute Gasteiger partial charge is 0.497 e. The van der Waals surface area contributed by atoms with Crippen LogP contribution in [0.5, 0.6) is 5.75 Å². The molecule has 0 heterocycles. The summed E-state index contributed by atoms with van der Waals surface area (Å²) in [7, 11) is -3.02. The molecule has 0 aliphatic rings. The number of ether oxygens (including phenoxy) is 1. The highest BCUT2D eigenvalue weighted by atomic mass is 32.2. The number of rotatable bonds is 13. The third-order valence-corrected chi connectivity index (χ3v) is 9.14. The second-order valence-electron chi connectivity index (χ2n) is 10.4. The minimum absolute atomic E-state index is 0.0626. The Balaban J connectivity index is 2.10. The van der Waals surface area contributed by atoms with Crippen molar-refractivity contribution in [2.45, 2.75) is 64.6 Å². The van der Waals surface area contributed by atoms with Crippen molar-refractivity contribution < 1.29 is 27.7 Å². The zero-order valence-electron chi connectivity index (χ0n) is 25.2. The molecule has 0 aliphatic carbocycles. The van der Waals surface area contributed by atoms with Gasteiger partial charge in [0.15, 0.2) is 0 Å². The minimum Gasteiger partial charge on any atom is -0.497 e. The van der Waals surface area contributed by atoms with Gasteiger partial charge in [0.1, 0.15) is 18.3 Å². The second kappa shape index (κ2) is 14.1. The lowest BCUT2D eigenvalue weighted by Gasteiger charge is -2.32. The first-order valence-electron chi connectivity index (χ1n) is 13.9. The normalized spacial score (nSPS) is 12.6. The molecular weight excluding hydrogens is 572 g/mol. The molecule has 11 nitrogen and oxygen atoms in total. The second-order valence-corrected chi connectivity index (χ2v) is 12.2. The number of hydrogen-bond donors (Lipinski definition) is 1. The molecule has 3 rings (SSSR count). The molecular formula is C31H38N4O7S. The van der Waals surface area contributed by atoms with Gasteiger partial charge in [-0.15, -0.1) is 0 Å². The van der Waals surface area contributed by atoms with E-state index < -0.39 is 33.4 Å². The maximum atomic E-state index is 14.1. The van der Waals surface area contributed by atoms with E-state index in [9.17, 15) is 28.1 Å². The minimum atomic E-state index is -4.48. The molecule has 0 bridgehead atoms. The van der Waals surface area contributed by atoms with E-state index in [1.807, 2.05) is 45.0 Å². The van der Waals surface area contributed by atoms with Gasteiger partial charge in [-0.3, -0.25) is 24.0 Å². The van der Waals surface area contributed by atoms with E-state index in [4.69, 9.17) is 4.74 Å². The van der Waals surface area contributed by atoms with Crippen LogP contribution in [0.2, 0.25) is 0 Å². The molecule has 0 saturated carbocycles. The average Bonchev–Trinajstić information content (AvgIpc) is 2.98. The van der Waals surface area contributed by atoms with E-state index in [1.165, 1.54) is 43.2 Å². The van der Waals surface area contributed by atoms with Crippen molar-refractivity contribution in [2.75, 3.05) is 18.0 Å². The van der Waals surface area contributed by atoms with Gasteiger partial charge in [-0.25, -0.2) is 8.42 Å². The summed E-state index contributed by atoms with van der Waals surface area (Å²) in [6.45, 7) is 8.18. The van der Waals surface area contributed by atoms with Gasteiger partial charge in [-0.1, -0.05) is 37.3 Å². The Morgan fingerprint density at radius 3 is 2.23 bits per heavy atom. The summed E-state index contributed by atoms with van der Waals surface area (Å²) in [4.78, 5) is 39.2. The number of nitrogens with one attached hydrogen (secondary N) is 1. The highest BCUT2D eigenvalue weighted by Gasteiger charge is 2.34. The van der Waals surface area contributed by atoms with Crippen LogP contribution in [0.15, 0.2) is 71.6 Å². The molecule has 3 aromatic rings. The lowest BCUT2D eigenvalue weighted by Crippen LogP contribution is -2.52. The molecule has 2 amide bonds. The SMILES string of the molecule is CC[C@H](C)NC(=O)[C@@H](C)N(Cc1ccccc1C)C(=O)CN(c1ccc(OC)cc1)S(=O)(=O)c1ccc(C)c([N+](=O)[O-])c1. The van der Waals surface area contributed by atoms with Crippen LogP contribution in [0.3, 0.4) is 0 Å². The van der Waals surface area contributed by atoms with Gasteiger partial charge < -0.3 is 15.0 Å². The molecule has 2 atom stereocenters. The first-order valence-corrected chi connectivity index (χ1v) is 15.3. The molecule has 12 heteroatoms. The maximum absolute atomic E-state index is 14.1. The van der Waals surface area contributed by atoms with E-state index in [1.54, 1.807) is 19.1 Å². The summed E-state index contributed by atoms with van der Waals surface area (Å²) in [6, 6.07) is 16.0. The zero-order valence-corrected chi connectivity index (χ0v) is 26.1. The quantitative estimate of drug-likeness (QED) is 0.218. The monoisotopic (exact) mass is 610 g/mol. The van der Waals surface area contributed by atoms with Gasteiger partial charge in [0, 0.05) is 24.2 Å². The average molecular weight is 611 g/mol. The molecule has 0 aliphatic heterocycles. The summed E-state index contributed by atoms with van der Waals surface area (Å²) in [5.74, 6) is -0.532. The molecule has 230 valence electrons. The number of carbonyl (C=O) groups excluding carboxylic acids is 2. The number of nitrogens with zero attached hydrogens (tertiary/aromatic N) is 3. The first kappa shape index (κ1) is 33.1. The predicted octanol–water partition coefficient (Wildman–Crippen LogP) is 4.75. The number of sulfonamides is 1. The summed E-state index contributed by atoms with van der Waals surface area (Å²) >= 11 is 0. The maximum Gasteiger partial charge on any atom is 0.273 e. The molecule has 0 fully saturated rings. The van der Waals surface area contributed by atoms with Gasteiger partial charge in [0.2, 0.25) is 11.8 Å². The number of anilines is 1. The fraction of sp³-hybridized carbons (Fsp3) is 0.355. The Hall–Kier alpha value is -4.45. The van der Waals surface area contributed by atoms with Crippen LogP contribution >= 0.6 is 0 Å². The van der Waals surface area contributed by atoms with Crippen molar-refractivity contribution in [1.82, 2.24) is 10.2 Å². The van der Waals surface area contributed by atoms with E-state index in [2.05, 4.69) is 5.32 Å². The highest BCUT2D eigenvalue weighted by Crippen LogP contribution is 2.29. The molecule has 0 spiro atoms. The van der Waals surface area contributed by atoms with Crippen LogP contribution in [0.1, 0.15) is 43.9 Å². The van der Waals surface area contributed by atoms with E-state index in [-0.39, 0.29) is 34.8 Å². The van der Waals surface area contributed by atoms with Gasteiger partial charge >= 0.3 is 0 Å². The number of hydrogen-bond acceptors (Lipinski definition) is 7. The van der Waals surface area contributed by atoms with Crippen molar-refractivity contribution in [3.05, 3.63) is 93.5 Å². The summed E-state index contributed by atoms with van der Waals surface area (Å²) in [5.41, 5.74) is 1.78. The van der Waals surface area contributed by atoms with Crippen LogP contribution in [-0.2, 0) is 26.2 Å². The van der Waals surface area contributed by atoms with E-state index in [0.29, 0.717) is 17.7 Å².